The second kappa shape index (κ2) is 8.42. The third kappa shape index (κ3) is 3.67. The number of hydrogen-bond acceptors (Lipinski definition) is 6. The Labute approximate surface area is 178 Å². The standard InChI is InChI=1S/C23H20N2O4S/c1-3-29-18-10-6-15(7-11-18)24-21-20(19-5-4-14-30-19)22(26)25(23(21)27)16-8-12-17(28-2)13-9-16/h4-14,24H,3H2,1-2H3. The molecule has 2 amide bonds. The molecule has 1 aromatic heterocycles. The molecule has 0 aliphatic carbocycles. The number of thiophene rings is 1. The second-order valence-electron chi connectivity index (χ2n) is 6.45. The normalized spacial score (nSPS) is 13.7. The van der Waals surface area contributed by atoms with Crippen molar-refractivity contribution in [3.8, 4) is 11.5 Å². The molecule has 0 spiro atoms. The van der Waals surface area contributed by atoms with Gasteiger partial charge in [0.1, 0.15) is 17.2 Å². The van der Waals surface area contributed by atoms with Gasteiger partial charge < -0.3 is 14.8 Å². The number of hydrogen-bond donors (Lipinski definition) is 1. The number of amides is 2. The van der Waals surface area contributed by atoms with Gasteiger partial charge in [-0.25, -0.2) is 4.90 Å². The fourth-order valence-corrected chi connectivity index (χ4v) is 3.97. The Morgan fingerprint density at radius 3 is 2.23 bits per heavy atom. The van der Waals surface area contributed by atoms with E-state index in [1.165, 1.54) is 16.2 Å². The summed E-state index contributed by atoms with van der Waals surface area (Å²) in [4.78, 5) is 28.5. The number of nitrogens with one attached hydrogen (secondary N) is 1. The Kier molecular flexibility index (Phi) is 5.54. The van der Waals surface area contributed by atoms with Crippen LogP contribution in [0.1, 0.15) is 11.8 Å². The number of carbonyl (C=O) groups excluding carboxylic acids is 2. The van der Waals surface area contributed by atoms with Crippen LogP contribution in [0, 0.1) is 0 Å². The Balaban J connectivity index is 1.70. The van der Waals surface area contributed by atoms with Crippen molar-refractivity contribution in [2.75, 3.05) is 23.9 Å². The van der Waals surface area contributed by atoms with Crippen LogP contribution in [0.5, 0.6) is 11.5 Å². The molecule has 0 saturated carbocycles. The summed E-state index contributed by atoms with van der Waals surface area (Å²) in [5, 5.41) is 5.02. The van der Waals surface area contributed by atoms with Crippen LogP contribution in [-0.2, 0) is 9.59 Å². The maximum atomic E-state index is 13.3. The van der Waals surface area contributed by atoms with Gasteiger partial charge in [-0.05, 0) is 66.9 Å². The highest BCUT2D eigenvalue weighted by molar-refractivity contribution is 7.11. The first-order chi connectivity index (χ1) is 14.6. The van der Waals surface area contributed by atoms with Crippen LogP contribution in [0.3, 0.4) is 0 Å². The quantitative estimate of drug-likeness (QED) is 0.568. The summed E-state index contributed by atoms with van der Waals surface area (Å²) in [6, 6.07) is 17.8. The van der Waals surface area contributed by atoms with E-state index >= 15 is 0 Å². The highest BCUT2D eigenvalue weighted by Crippen LogP contribution is 2.36. The third-order valence-corrected chi connectivity index (χ3v) is 5.50. The van der Waals surface area contributed by atoms with Crippen LogP contribution in [0.25, 0.3) is 5.57 Å². The Morgan fingerprint density at radius 1 is 0.933 bits per heavy atom. The van der Waals surface area contributed by atoms with Gasteiger partial charge in [-0.2, -0.15) is 0 Å². The van der Waals surface area contributed by atoms with Gasteiger partial charge in [0.25, 0.3) is 11.8 Å². The first kappa shape index (κ1) is 19.7. The minimum Gasteiger partial charge on any atom is -0.497 e. The van der Waals surface area contributed by atoms with Crippen LogP contribution in [-0.4, -0.2) is 25.5 Å². The van der Waals surface area contributed by atoms with E-state index in [-0.39, 0.29) is 11.6 Å². The average Bonchev–Trinajstić information content (AvgIpc) is 3.37. The van der Waals surface area contributed by atoms with Gasteiger partial charge in [-0.3, -0.25) is 9.59 Å². The van der Waals surface area contributed by atoms with Gasteiger partial charge in [0, 0.05) is 10.6 Å². The van der Waals surface area contributed by atoms with Crippen LogP contribution in [0.2, 0.25) is 0 Å². The molecular formula is C23H20N2O4S. The van der Waals surface area contributed by atoms with E-state index < -0.39 is 5.91 Å². The van der Waals surface area contributed by atoms with Crippen LogP contribution in [0.15, 0.2) is 71.7 Å². The molecule has 2 heterocycles. The zero-order chi connectivity index (χ0) is 21.1. The Bertz CT molecular complexity index is 1090. The van der Waals surface area contributed by atoms with Crippen molar-refractivity contribution >= 4 is 40.1 Å². The fourth-order valence-electron chi connectivity index (χ4n) is 3.21. The van der Waals surface area contributed by atoms with Crippen molar-refractivity contribution in [1.82, 2.24) is 0 Å². The Hall–Kier alpha value is -3.58. The predicted octanol–water partition coefficient (Wildman–Crippen LogP) is 4.55. The van der Waals surface area contributed by atoms with E-state index in [4.69, 9.17) is 9.47 Å². The topological polar surface area (TPSA) is 67.9 Å². The van der Waals surface area contributed by atoms with Gasteiger partial charge in [-0.1, -0.05) is 6.07 Å². The summed E-state index contributed by atoms with van der Waals surface area (Å²) in [6.07, 6.45) is 0. The van der Waals surface area contributed by atoms with Crippen LogP contribution in [0.4, 0.5) is 11.4 Å². The molecule has 0 atom stereocenters. The lowest BCUT2D eigenvalue weighted by Crippen LogP contribution is -2.32. The van der Waals surface area contributed by atoms with Gasteiger partial charge >= 0.3 is 0 Å². The van der Waals surface area contributed by atoms with Gasteiger partial charge in [0.2, 0.25) is 0 Å². The van der Waals surface area contributed by atoms with E-state index in [1.54, 1.807) is 31.4 Å². The summed E-state index contributed by atoms with van der Waals surface area (Å²) < 4.78 is 10.6. The van der Waals surface area contributed by atoms with E-state index in [1.807, 2.05) is 48.7 Å². The smallest absolute Gasteiger partial charge is 0.282 e. The molecular weight excluding hydrogens is 400 g/mol. The third-order valence-electron chi connectivity index (χ3n) is 4.62. The minimum absolute atomic E-state index is 0.252. The van der Waals surface area contributed by atoms with Crippen molar-refractivity contribution < 1.29 is 19.1 Å². The molecule has 30 heavy (non-hydrogen) atoms. The number of anilines is 2. The number of carbonyl (C=O) groups is 2. The molecule has 2 aromatic carbocycles. The highest BCUT2D eigenvalue weighted by atomic mass is 32.1. The minimum atomic E-state index is -0.401. The summed E-state index contributed by atoms with van der Waals surface area (Å²) in [5.41, 5.74) is 1.80. The fraction of sp³-hybridized carbons (Fsp3) is 0.130. The summed E-state index contributed by atoms with van der Waals surface area (Å²) in [5.74, 6) is 0.629. The van der Waals surface area contributed by atoms with Crippen molar-refractivity contribution in [3.05, 3.63) is 76.6 Å². The number of methoxy groups -OCH3 is 1. The number of nitrogens with zero attached hydrogens (tertiary/aromatic N) is 1. The molecule has 3 aromatic rings. The molecule has 1 N–H and O–H groups in total. The number of benzene rings is 2. The first-order valence-corrected chi connectivity index (χ1v) is 10.3. The van der Waals surface area contributed by atoms with Crippen LogP contribution < -0.4 is 19.7 Å². The Morgan fingerprint density at radius 2 is 1.63 bits per heavy atom. The second-order valence-corrected chi connectivity index (χ2v) is 7.40. The predicted molar refractivity (Wildman–Crippen MR) is 118 cm³/mol. The lowest BCUT2D eigenvalue weighted by molar-refractivity contribution is -0.120. The zero-order valence-corrected chi connectivity index (χ0v) is 17.4. The molecule has 0 unspecified atom stereocenters. The molecule has 1 aliphatic heterocycles. The van der Waals surface area contributed by atoms with Gasteiger partial charge in [0.05, 0.1) is 25.0 Å². The SMILES string of the molecule is CCOc1ccc(NC2=C(c3cccs3)C(=O)N(c3ccc(OC)cc3)C2=O)cc1. The molecule has 1 aliphatic rings. The van der Waals surface area contributed by atoms with E-state index in [2.05, 4.69) is 5.32 Å². The van der Waals surface area contributed by atoms with E-state index in [9.17, 15) is 9.59 Å². The maximum absolute atomic E-state index is 13.3. The lowest BCUT2D eigenvalue weighted by atomic mass is 10.2. The number of ether oxygens (including phenoxy) is 2. The molecule has 0 saturated heterocycles. The molecule has 6 nitrogen and oxygen atoms in total. The maximum Gasteiger partial charge on any atom is 0.282 e. The summed E-state index contributed by atoms with van der Waals surface area (Å²) >= 11 is 1.42. The largest absolute Gasteiger partial charge is 0.497 e. The molecule has 4 rings (SSSR count). The van der Waals surface area contributed by atoms with Crippen molar-refractivity contribution in [2.24, 2.45) is 0 Å². The van der Waals surface area contributed by atoms with E-state index in [0.29, 0.717) is 29.3 Å². The zero-order valence-electron chi connectivity index (χ0n) is 16.5. The molecule has 0 radical (unpaired) electrons. The number of imide groups is 1. The number of rotatable bonds is 7. The average molecular weight is 420 g/mol. The summed E-state index contributed by atoms with van der Waals surface area (Å²) in [6.45, 7) is 2.49. The van der Waals surface area contributed by atoms with Gasteiger partial charge in [-0.15, -0.1) is 11.3 Å². The van der Waals surface area contributed by atoms with Crippen molar-refractivity contribution in [1.29, 1.82) is 0 Å². The highest BCUT2D eigenvalue weighted by Gasteiger charge is 2.40. The molecule has 7 heteroatoms. The van der Waals surface area contributed by atoms with Crippen molar-refractivity contribution in [2.45, 2.75) is 6.92 Å². The summed E-state index contributed by atoms with van der Waals surface area (Å²) in [7, 11) is 1.57. The van der Waals surface area contributed by atoms with E-state index in [0.717, 1.165) is 10.6 Å². The first-order valence-electron chi connectivity index (χ1n) is 9.43. The van der Waals surface area contributed by atoms with Gasteiger partial charge in [0.15, 0.2) is 0 Å². The molecule has 152 valence electrons. The van der Waals surface area contributed by atoms with Crippen LogP contribution >= 0.6 is 11.3 Å². The lowest BCUT2D eigenvalue weighted by Gasteiger charge is -2.15. The molecule has 0 fully saturated rings. The molecule has 0 bridgehead atoms. The monoisotopic (exact) mass is 420 g/mol. The van der Waals surface area contributed by atoms with Crippen molar-refractivity contribution in [3.63, 3.8) is 0 Å².